The zero-order chi connectivity index (χ0) is 11.5. The summed E-state index contributed by atoms with van der Waals surface area (Å²) in [5.41, 5.74) is 2.49. The van der Waals surface area contributed by atoms with Crippen LogP contribution in [0.5, 0.6) is 0 Å². The molecule has 0 amide bonds. The molecule has 0 aliphatic rings. The van der Waals surface area contributed by atoms with E-state index in [-0.39, 0.29) is 0 Å². The van der Waals surface area contributed by atoms with Gasteiger partial charge >= 0.3 is 0 Å². The van der Waals surface area contributed by atoms with E-state index >= 15 is 0 Å². The molecule has 0 bridgehead atoms. The van der Waals surface area contributed by atoms with Gasteiger partial charge in [-0.2, -0.15) is 0 Å². The Balaban J connectivity index is 2.23. The third-order valence-corrected chi connectivity index (χ3v) is 2.82. The number of thiol groups is 1. The van der Waals surface area contributed by atoms with Crippen molar-refractivity contribution in [3.05, 3.63) is 53.6 Å². The lowest BCUT2D eigenvalue weighted by molar-refractivity contribution is 0.967. The molecular weight excluding hydrogens is 236 g/mol. The summed E-state index contributed by atoms with van der Waals surface area (Å²) in [5.74, 6) is 0.920. The SMILES string of the molecule is Cc1ccc(Cc2nccn2C(=S)S)cc1. The Hall–Kier alpha value is -1.13. The molecule has 0 spiro atoms. The van der Waals surface area contributed by atoms with Gasteiger partial charge in [0.1, 0.15) is 10.1 Å². The molecule has 1 heterocycles. The Morgan fingerprint density at radius 3 is 2.69 bits per heavy atom. The molecule has 4 heteroatoms. The van der Waals surface area contributed by atoms with Gasteiger partial charge in [0.25, 0.3) is 0 Å². The standard InChI is InChI=1S/C12H12N2S2/c1-9-2-4-10(5-3-9)8-11-13-6-7-14(11)12(15)16/h2-7H,8H2,1H3,(H,15,16). The van der Waals surface area contributed by atoms with E-state index in [4.69, 9.17) is 12.2 Å². The second kappa shape index (κ2) is 4.80. The first-order valence-electron chi connectivity index (χ1n) is 4.98. The van der Waals surface area contributed by atoms with Crippen LogP contribution in [0.25, 0.3) is 0 Å². The maximum absolute atomic E-state index is 5.03. The predicted molar refractivity (Wildman–Crippen MR) is 73.2 cm³/mol. The van der Waals surface area contributed by atoms with Crippen LogP contribution in [0.2, 0.25) is 0 Å². The molecule has 1 aromatic heterocycles. The van der Waals surface area contributed by atoms with Crippen molar-refractivity contribution in [2.75, 3.05) is 0 Å². The average molecular weight is 248 g/mol. The number of aromatic nitrogens is 2. The topological polar surface area (TPSA) is 17.8 Å². The van der Waals surface area contributed by atoms with Gasteiger partial charge in [0, 0.05) is 18.8 Å². The fraction of sp³-hybridized carbons (Fsp3) is 0.167. The summed E-state index contributed by atoms with van der Waals surface area (Å²) in [6.07, 6.45) is 4.35. The van der Waals surface area contributed by atoms with E-state index in [1.165, 1.54) is 11.1 Å². The Labute approximate surface area is 106 Å². The molecule has 0 radical (unpaired) electrons. The van der Waals surface area contributed by atoms with Crippen molar-refractivity contribution in [2.24, 2.45) is 0 Å². The zero-order valence-electron chi connectivity index (χ0n) is 8.92. The molecule has 2 rings (SSSR count). The minimum absolute atomic E-state index is 0.527. The first-order valence-corrected chi connectivity index (χ1v) is 5.83. The molecule has 0 aliphatic carbocycles. The lowest BCUT2D eigenvalue weighted by atomic mass is 10.1. The van der Waals surface area contributed by atoms with Crippen LogP contribution in [-0.2, 0) is 6.42 Å². The smallest absolute Gasteiger partial charge is 0.142 e. The summed E-state index contributed by atoms with van der Waals surface area (Å²) in [6.45, 7) is 2.08. The van der Waals surface area contributed by atoms with Crippen LogP contribution >= 0.6 is 24.8 Å². The zero-order valence-corrected chi connectivity index (χ0v) is 10.6. The molecule has 82 valence electrons. The van der Waals surface area contributed by atoms with E-state index in [2.05, 4.69) is 48.8 Å². The normalized spacial score (nSPS) is 10.4. The number of benzene rings is 1. The van der Waals surface area contributed by atoms with Crippen molar-refractivity contribution in [3.63, 3.8) is 0 Å². The molecule has 0 unspecified atom stereocenters. The van der Waals surface area contributed by atoms with E-state index < -0.39 is 0 Å². The van der Waals surface area contributed by atoms with Crippen molar-refractivity contribution in [2.45, 2.75) is 13.3 Å². The molecule has 0 N–H and O–H groups in total. The third-order valence-electron chi connectivity index (χ3n) is 2.41. The summed E-state index contributed by atoms with van der Waals surface area (Å²) < 4.78 is 2.35. The Morgan fingerprint density at radius 2 is 2.06 bits per heavy atom. The number of thiocarbonyl (C=S) groups is 1. The quantitative estimate of drug-likeness (QED) is 0.650. The molecule has 0 atom stereocenters. The number of rotatable bonds is 2. The lowest BCUT2D eigenvalue weighted by Crippen LogP contribution is -2.06. The van der Waals surface area contributed by atoms with Crippen molar-refractivity contribution in [3.8, 4) is 0 Å². The highest BCUT2D eigenvalue weighted by molar-refractivity contribution is 8.11. The van der Waals surface area contributed by atoms with E-state index in [0.29, 0.717) is 4.32 Å². The van der Waals surface area contributed by atoms with E-state index in [9.17, 15) is 0 Å². The van der Waals surface area contributed by atoms with E-state index in [1.807, 2.05) is 10.8 Å². The van der Waals surface area contributed by atoms with E-state index in [0.717, 1.165) is 12.2 Å². The molecule has 16 heavy (non-hydrogen) atoms. The van der Waals surface area contributed by atoms with Crippen molar-refractivity contribution >= 4 is 29.2 Å². The van der Waals surface area contributed by atoms with Gasteiger partial charge in [-0.1, -0.05) is 42.0 Å². The molecule has 0 fully saturated rings. The van der Waals surface area contributed by atoms with Gasteiger partial charge in [0.15, 0.2) is 0 Å². The molecular formula is C12H12N2S2. The van der Waals surface area contributed by atoms with E-state index in [1.54, 1.807) is 6.20 Å². The maximum Gasteiger partial charge on any atom is 0.142 e. The highest BCUT2D eigenvalue weighted by atomic mass is 32.1. The third kappa shape index (κ3) is 2.51. The fourth-order valence-electron chi connectivity index (χ4n) is 1.53. The summed E-state index contributed by atoms with van der Waals surface area (Å²) in [7, 11) is 0. The van der Waals surface area contributed by atoms with Gasteiger partial charge < -0.3 is 0 Å². The summed E-state index contributed by atoms with van der Waals surface area (Å²) >= 11 is 9.19. The van der Waals surface area contributed by atoms with Gasteiger partial charge in [-0.3, -0.25) is 4.57 Å². The van der Waals surface area contributed by atoms with Gasteiger partial charge in [-0.25, -0.2) is 4.98 Å². The van der Waals surface area contributed by atoms with Crippen molar-refractivity contribution in [1.29, 1.82) is 0 Å². The molecule has 0 saturated carbocycles. The second-order valence-electron chi connectivity index (χ2n) is 3.66. The number of imidazole rings is 1. The van der Waals surface area contributed by atoms with Crippen LogP contribution in [0.3, 0.4) is 0 Å². The lowest BCUT2D eigenvalue weighted by Gasteiger charge is -2.05. The molecule has 2 aromatic rings. The van der Waals surface area contributed by atoms with Crippen LogP contribution in [0.15, 0.2) is 36.7 Å². The predicted octanol–water partition coefficient (Wildman–Crippen LogP) is 2.85. The Morgan fingerprint density at radius 1 is 1.38 bits per heavy atom. The Kier molecular flexibility index (Phi) is 3.41. The highest BCUT2D eigenvalue weighted by Crippen LogP contribution is 2.10. The maximum atomic E-state index is 5.03. The molecule has 0 aliphatic heterocycles. The largest absolute Gasteiger partial charge is 0.289 e. The summed E-state index contributed by atoms with van der Waals surface area (Å²) in [4.78, 5) is 4.28. The monoisotopic (exact) mass is 248 g/mol. The minimum Gasteiger partial charge on any atom is -0.289 e. The van der Waals surface area contributed by atoms with Gasteiger partial charge in [-0.05, 0) is 12.5 Å². The minimum atomic E-state index is 0.527. The fourth-order valence-corrected chi connectivity index (χ4v) is 1.88. The first kappa shape index (κ1) is 11.4. The average Bonchev–Trinajstić information content (AvgIpc) is 2.69. The van der Waals surface area contributed by atoms with Crippen molar-refractivity contribution < 1.29 is 0 Å². The van der Waals surface area contributed by atoms with Crippen LogP contribution in [0.4, 0.5) is 0 Å². The molecule has 0 saturated heterocycles. The van der Waals surface area contributed by atoms with Gasteiger partial charge in [0.05, 0.1) is 0 Å². The van der Waals surface area contributed by atoms with Gasteiger partial charge in [0.2, 0.25) is 0 Å². The van der Waals surface area contributed by atoms with Crippen LogP contribution < -0.4 is 0 Å². The number of nitrogens with zero attached hydrogens (tertiary/aromatic N) is 2. The van der Waals surface area contributed by atoms with Crippen LogP contribution in [-0.4, -0.2) is 13.9 Å². The summed E-state index contributed by atoms with van der Waals surface area (Å²) in [5, 5.41) is 0. The number of hydrogen-bond donors (Lipinski definition) is 1. The number of aryl methyl sites for hydroxylation is 1. The highest BCUT2D eigenvalue weighted by Gasteiger charge is 2.05. The van der Waals surface area contributed by atoms with Crippen molar-refractivity contribution in [1.82, 2.24) is 9.55 Å². The van der Waals surface area contributed by atoms with Crippen LogP contribution in [0, 0.1) is 6.92 Å². The second-order valence-corrected chi connectivity index (χ2v) is 4.77. The van der Waals surface area contributed by atoms with Crippen LogP contribution in [0.1, 0.15) is 17.0 Å². The molecule has 1 aromatic carbocycles. The molecule has 2 nitrogen and oxygen atoms in total. The first-order chi connectivity index (χ1) is 7.66. The Bertz CT molecular complexity index is 500. The van der Waals surface area contributed by atoms with Gasteiger partial charge in [-0.15, -0.1) is 12.6 Å². The number of hydrogen-bond acceptors (Lipinski definition) is 2. The summed E-state index contributed by atoms with van der Waals surface area (Å²) in [6, 6.07) is 8.41.